The minimum Gasteiger partial charge on any atom is -0.311 e. The van der Waals surface area contributed by atoms with E-state index >= 15 is 0 Å². The van der Waals surface area contributed by atoms with Gasteiger partial charge in [-0.3, -0.25) is 9.59 Å². The van der Waals surface area contributed by atoms with Gasteiger partial charge in [0.2, 0.25) is 5.91 Å². The van der Waals surface area contributed by atoms with Crippen molar-refractivity contribution in [2.45, 2.75) is 33.6 Å². The Morgan fingerprint density at radius 3 is 2.57 bits per heavy atom. The number of amides is 1. The van der Waals surface area contributed by atoms with E-state index in [-0.39, 0.29) is 24.5 Å². The fourth-order valence-electron chi connectivity index (χ4n) is 2.09. The zero-order chi connectivity index (χ0) is 15.4. The highest BCUT2D eigenvalue weighted by Crippen LogP contribution is 2.22. The molecule has 21 heavy (non-hydrogen) atoms. The molecule has 0 spiro atoms. The van der Waals surface area contributed by atoms with E-state index in [2.05, 4.69) is 10.3 Å². The van der Waals surface area contributed by atoms with Gasteiger partial charge >= 0.3 is 0 Å². The molecule has 2 aromatic heterocycles. The number of thiophene rings is 1. The number of ketones is 1. The van der Waals surface area contributed by atoms with Crippen LogP contribution in [-0.4, -0.2) is 16.7 Å². The van der Waals surface area contributed by atoms with Crippen molar-refractivity contribution in [2.75, 3.05) is 5.32 Å². The van der Waals surface area contributed by atoms with E-state index in [1.807, 2.05) is 39.0 Å². The number of nitrogens with zero attached hydrogens (tertiary/aromatic N) is 1. The van der Waals surface area contributed by atoms with Gasteiger partial charge in [-0.2, -0.15) is 0 Å². The molecule has 0 aliphatic heterocycles. The molecular weight excluding hydrogens is 284 g/mol. The number of hydrogen-bond donors (Lipinski definition) is 1. The number of nitrogens with one attached hydrogen (secondary N) is 1. The SMILES string of the molecule is Cc1cccc(NC(=O)CCC(=O)c2cc(C)sc2C)n1. The van der Waals surface area contributed by atoms with Crippen LogP contribution in [0.2, 0.25) is 0 Å². The predicted molar refractivity (Wildman–Crippen MR) is 85.0 cm³/mol. The van der Waals surface area contributed by atoms with Crippen molar-refractivity contribution in [2.24, 2.45) is 0 Å². The van der Waals surface area contributed by atoms with Crippen LogP contribution in [0.15, 0.2) is 24.3 Å². The Kier molecular flexibility index (Phi) is 4.85. The molecule has 2 rings (SSSR count). The molecule has 0 bridgehead atoms. The molecule has 2 aromatic rings. The number of hydrogen-bond acceptors (Lipinski definition) is 4. The second-order valence-electron chi connectivity index (χ2n) is 4.96. The van der Waals surface area contributed by atoms with Gasteiger partial charge in [0, 0.05) is 33.9 Å². The Hall–Kier alpha value is -2.01. The standard InChI is InChI=1S/C16H18N2O2S/c1-10-5-4-6-15(17-10)18-16(20)8-7-14(19)13-9-11(2)21-12(13)3/h4-6,9H,7-8H2,1-3H3,(H,17,18,20). The molecule has 0 saturated heterocycles. The zero-order valence-corrected chi connectivity index (χ0v) is 13.2. The first-order valence-electron chi connectivity index (χ1n) is 6.79. The molecule has 2 heterocycles. The summed E-state index contributed by atoms with van der Waals surface area (Å²) < 4.78 is 0. The Morgan fingerprint density at radius 2 is 1.95 bits per heavy atom. The summed E-state index contributed by atoms with van der Waals surface area (Å²) >= 11 is 1.60. The van der Waals surface area contributed by atoms with Gasteiger partial charge in [0.1, 0.15) is 5.82 Å². The summed E-state index contributed by atoms with van der Waals surface area (Å²) in [5.41, 5.74) is 1.58. The lowest BCUT2D eigenvalue weighted by atomic mass is 10.1. The average Bonchev–Trinajstić information content (AvgIpc) is 2.75. The lowest BCUT2D eigenvalue weighted by Gasteiger charge is -2.04. The van der Waals surface area contributed by atoms with E-state index in [0.717, 1.165) is 21.0 Å². The van der Waals surface area contributed by atoms with E-state index < -0.39 is 0 Å². The summed E-state index contributed by atoms with van der Waals surface area (Å²) in [6.45, 7) is 5.77. The van der Waals surface area contributed by atoms with Gasteiger partial charge in [-0.1, -0.05) is 6.07 Å². The van der Waals surface area contributed by atoms with Gasteiger partial charge in [0.05, 0.1) is 0 Å². The Balaban J connectivity index is 1.89. The van der Waals surface area contributed by atoms with E-state index in [0.29, 0.717) is 5.82 Å². The minimum absolute atomic E-state index is 0.0178. The maximum absolute atomic E-state index is 12.1. The van der Waals surface area contributed by atoms with Crippen molar-refractivity contribution in [1.29, 1.82) is 0 Å². The smallest absolute Gasteiger partial charge is 0.225 e. The quantitative estimate of drug-likeness (QED) is 0.857. The third-order valence-corrected chi connectivity index (χ3v) is 4.04. The highest BCUT2D eigenvalue weighted by molar-refractivity contribution is 7.12. The summed E-state index contributed by atoms with van der Waals surface area (Å²) in [7, 11) is 0. The molecule has 0 aliphatic rings. The van der Waals surface area contributed by atoms with Gasteiger partial charge in [-0.15, -0.1) is 11.3 Å². The zero-order valence-electron chi connectivity index (χ0n) is 12.4. The topological polar surface area (TPSA) is 59.1 Å². The second-order valence-corrected chi connectivity index (χ2v) is 6.42. The number of rotatable bonds is 5. The van der Waals surface area contributed by atoms with Crippen molar-refractivity contribution in [1.82, 2.24) is 4.98 Å². The first-order valence-corrected chi connectivity index (χ1v) is 7.61. The Morgan fingerprint density at radius 1 is 1.19 bits per heavy atom. The number of Topliss-reactive ketones (excluding diaryl/α,β-unsaturated/α-hetero) is 1. The number of pyridine rings is 1. The molecule has 5 heteroatoms. The van der Waals surface area contributed by atoms with Crippen LogP contribution < -0.4 is 5.32 Å². The molecule has 0 radical (unpaired) electrons. The minimum atomic E-state index is -0.189. The Bertz CT molecular complexity index is 677. The molecule has 0 aromatic carbocycles. The summed E-state index contributed by atoms with van der Waals surface area (Å²) in [4.78, 5) is 30.3. The lowest BCUT2D eigenvalue weighted by Crippen LogP contribution is -2.14. The first kappa shape index (κ1) is 15.4. The maximum atomic E-state index is 12.1. The van der Waals surface area contributed by atoms with Gasteiger partial charge < -0.3 is 5.32 Å². The number of carbonyl (C=O) groups excluding carboxylic acids is 2. The number of anilines is 1. The van der Waals surface area contributed by atoms with Crippen molar-refractivity contribution >= 4 is 28.8 Å². The van der Waals surface area contributed by atoms with E-state index in [1.165, 1.54) is 0 Å². The molecule has 0 aliphatic carbocycles. The van der Waals surface area contributed by atoms with Crippen LogP contribution >= 0.6 is 11.3 Å². The fraction of sp³-hybridized carbons (Fsp3) is 0.312. The van der Waals surface area contributed by atoms with Crippen molar-refractivity contribution < 1.29 is 9.59 Å². The first-order chi connectivity index (χ1) is 9.95. The third-order valence-electron chi connectivity index (χ3n) is 3.08. The lowest BCUT2D eigenvalue weighted by molar-refractivity contribution is -0.116. The van der Waals surface area contributed by atoms with Crippen LogP contribution in [0.5, 0.6) is 0 Å². The van der Waals surface area contributed by atoms with Crippen LogP contribution in [0.3, 0.4) is 0 Å². The molecule has 0 atom stereocenters. The fourth-order valence-corrected chi connectivity index (χ4v) is 3.03. The van der Waals surface area contributed by atoms with E-state index in [4.69, 9.17) is 0 Å². The number of aromatic nitrogens is 1. The average molecular weight is 302 g/mol. The maximum Gasteiger partial charge on any atom is 0.225 e. The van der Waals surface area contributed by atoms with Gasteiger partial charge in [0.25, 0.3) is 0 Å². The molecule has 110 valence electrons. The van der Waals surface area contributed by atoms with Crippen molar-refractivity contribution in [3.63, 3.8) is 0 Å². The summed E-state index contributed by atoms with van der Waals surface area (Å²) in [6, 6.07) is 7.32. The molecular formula is C16H18N2O2S. The van der Waals surface area contributed by atoms with Crippen LogP contribution in [-0.2, 0) is 4.79 Å². The second kappa shape index (κ2) is 6.63. The van der Waals surface area contributed by atoms with Gasteiger partial charge in [0.15, 0.2) is 5.78 Å². The molecule has 0 saturated carbocycles. The number of carbonyl (C=O) groups is 2. The van der Waals surface area contributed by atoms with Crippen LogP contribution in [0.25, 0.3) is 0 Å². The van der Waals surface area contributed by atoms with Crippen molar-refractivity contribution in [3.05, 3.63) is 45.3 Å². The van der Waals surface area contributed by atoms with Crippen molar-refractivity contribution in [3.8, 4) is 0 Å². The van der Waals surface area contributed by atoms with Gasteiger partial charge in [-0.25, -0.2) is 4.98 Å². The van der Waals surface area contributed by atoms with Gasteiger partial charge in [-0.05, 0) is 39.0 Å². The predicted octanol–water partition coefficient (Wildman–Crippen LogP) is 3.67. The van der Waals surface area contributed by atoms with Crippen LogP contribution in [0.4, 0.5) is 5.82 Å². The monoisotopic (exact) mass is 302 g/mol. The van der Waals surface area contributed by atoms with E-state index in [1.54, 1.807) is 17.4 Å². The third kappa shape index (κ3) is 4.23. The molecule has 0 unspecified atom stereocenters. The largest absolute Gasteiger partial charge is 0.311 e. The number of aryl methyl sites for hydroxylation is 3. The van der Waals surface area contributed by atoms with Crippen LogP contribution in [0.1, 0.15) is 38.6 Å². The summed E-state index contributed by atoms with van der Waals surface area (Å²) in [5, 5.41) is 2.71. The Labute approximate surface area is 128 Å². The summed E-state index contributed by atoms with van der Waals surface area (Å²) in [6.07, 6.45) is 0.386. The highest BCUT2D eigenvalue weighted by atomic mass is 32.1. The molecule has 1 amide bonds. The van der Waals surface area contributed by atoms with Crippen LogP contribution in [0, 0.1) is 20.8 Å². The van der Waals surface area contributed by atoms with E-state index in [9.17, 15) is 9.59 Å². The summed E-state index contributed by atoms with van der Waals surface area (Å²) in [5.74, 6) is 0.352. The highest BCUT2D eigenvalue weighted by Gasteiger charge is 2.14. The molecule has 0 fully saturated rings. The molecule has 1 N–H and O–H groups in total. The molecule has 4 nitrogen and oxygen atoms in total. The normalized spacial score (nSPS) is 10.4.